The first-order valence-electron chi connectivity index (χ1n) is 2.18. The van der Waals surface area contributed by atoms with Crippen molar-refractivity contribution in [2.75, 3.05) is 6.26 Å². The van der Waals surface area contributed by atoms with Crippen molar-refractivity contribution in [2.45, 2.75) is 11.5 Å². The van der Waals surface area contributed by atoms with E-state index in [0.717, 1.165) is 0 Å². The highest BCUT2D eigenvalue weighted by Gasteiger charge is 2.46. The molecular weight excluding hydrogens is 128 g/mol. The van der Waals surface area contributed by atoms with Crippen LogP contribution < -0.4 is 5.32 Å². The average molecular weight is 134 g/mol. The molecule has 5 heteroatoms. The maximum absolute atomic E-state index is 9.86. The predicted octanol–water partition coefficient (Wildman–Crippen LogP) is -0.118. The van der Waals surface area contributed by atoms with E-state index in [1.165, 1.54) is 11.8 Å². The van der Waals surface area contributed by atoms with Crippen molar-refractivity contribution < 1.29 is 4.92 Å². The van der Waals surface area contributed by atoms with Crippen molar-refractivity contribution >= 4 is 11.8 Å². The Kier molecular flexibility index (Phi) is 1.39. The molecule has 0 saturated carbocycles. The standard InChI is InChI=1S/C3H6N2O2S/c1-8-3-2(4-3)5(6)7/h2-4H,1H3. The molecule has 2 unspecified atom stereocenters. The second-order valence-electron chi connectivity index (χ2n) is 1.55. The summed E-state index contributed by atoms with van der Waals surface area (Å²) in [6, 6.07) is 0. The molecule has 0 aliphatic carbocycles. The van der Waals surface area contributed by atoms with E-state index in [2.05, 4.69) is 5.32 Å². The van der Waals surface area contributed by atoms with E-state index in [-0.39, 0.29) is 10.3 Å². The first kappa shape index (κ1) is 5.84. The van der Waals surface area contributed by atoms with E-state index in [9.17, 15) is 10.1 Å². The van der Waals surface area contributed by atoms with Gasteiger partial charge in [-0.1, -0.05) is 0 Å². The summed E-state index contributed by atoms with van der Waals surface area (Å²) < 4.78 is 0. The van der Waals surface area contributed by atoms with Gasteiger partial charge in [-0.2, -0.15) is 0 Å². The summed E-state index contributed by atoms with van der Waals surface area (Å²) in [6.07, 6.45) is 1.37. The van der Waals surface area contributed by atoms with Gasteiger partial charge >= 0.3 is 0 Å². The first-order valence-corrected chi connectivity index (χ1v) is 3.47. The lowest BCUT2D eigenvalue weighted by molar-refractivity contribution is -0.496. The molecule has 1 fully saturated rings. The lowest BCUT2D eigenvalue weighted by Gasteiger charge is -1.81. The van der Waals surface area contributed by atoms with Crippen molar-refractivity contribution in [1.29, 1.82) is 0 Å². The molecule has 1 aliphatic rings. The number of thioether (sulfide) groups is 1. The molecule has 0 aromatic heterocycles. The minimum absolute atomic E-state index is 0.0602. The summed E-state index contributed by atoms with van der Waals surface area (Å²) in [7, 11) is 0. The molecule has 1 heterocycles. The minimum Gasteiger partial charge on any atom is -0.263 e. The van der Waals surface area contributed by atoms with Gasteiger partial charge in [0.05, 0.1) is 0 Å². The van der Waals surface area contributed by atoms with Gasteiger partial charge in [-0.05, 0) is 6.26 Å². The zero-order valence-corrected chi connectivity index (χ0v) is 5.14. The third-order valence-electron chi connectivity index (χ3n) is 0.994. The monoisotopic (exact) mass is 134 g/mol. The molecule has 1 aliphatic heterocycles. The van der Waals surface area contributed by atoms with Crippen LogP contribution in [-0.4, -0.2) is 22.7 Å². The number of nitro groups is 1. The van der Waals surface area contributed by atoms with Crippen LogP contribution >= 0.6 is 11.8 Å². The highest BCUT2D eigenvalue weighted by Crippen LogP contribution is 2.21. The van der Waals surface area contributed by atoms with Gasteiger partial charge in [-0.25, -0.2) is 5.32 Å². The van der Waals surface area contributed by atoms with Crippen molar-refractivity contribution in [3.8, 4) is 0 Å². The van der Waals surface area contributed by atoms with E-state index in [4.69, 9.17) is 0 Å². The lowest BCUT2D eigenvalue weighted by Crippen LogP contribution is -2.05. The molecule has 0 aromatic carbocycles. The predicted molar refractivity (Wildman–Crippen MR) is 31.2 cm³/mol. The highest BCUT2D eigenvalue weighted by molar-refractivity contribution is 7.99. The summed E-state index contributed by atoms with van der Waals surface area (Å²) in [6.45, 7) is 0. The van der Waals surface area contributed by atoms with Gasteiger partial charge in [0, 0.05) is 4.92 Å². The Labute approximate surface area is 50.8 Å². The van der Waals surface area contributed by atoms with Crippen LogP contribution in [0, 0.1) is 10.1 Å². The Morgan fingerprint density at radius 3 is 2.62 bits per heavy atom. The van der Waals surface area contributed by atoms with Crippen LogP contribution in [-0.2, 0) is 0 Å². The summed E-state index contributed by atoms with van der Waals surface area (Å²) >= 11 is 1.47. The van der Waals surface area contributed by atoms with E-state index in [1.54, 1.807) is 0 Å². The maximum atomic E-state index is 9.86. The molecule has 1 N–H and O–H groups in total. The SMILES string of the molecule is CSC1NC1[N+](=O)[O-]. The van der Waals surface area contributed by atoms with Crippen LogP contribution in [0.15, 0.2) is 0 Å². The van der Waals surface area contributed by atoms with Crippen LogP contribution in [0.2, 0.25) is 0 Å². The zero-order chi connectivity index (χ0) is 6.15. The third kappa shape index (κ3) is 0.924. The molecular formula is C3H6N2O2S. The van der Waals surface area contributed by atoms with Crippen LogP contribution in [0.25, 0.3) is 0 Å². The second-order valence-corrected chi connectivity index (χ2v) is 2.53. The fourth-order valence-electron chi connectivity index (χ4n) is 0.481. The normalized spacial score (nSPS) is 34.6. The molecule has 0 aromatic rings. The lowest BCUT2D eigenvalue weighted by atomic mass is 10.8. The molecule has 0 spiro atoms. The van der Waals surface area contributed by atoms with Crippen LogP contribution in [0.1, 0.15) is 0 Å². The summed E-state index contributed by atoms with van der Waals surface area (Å²) in [5.74, 6) is 0. The third-order valence-corrected chi connectivity index (χ3v) is 1.90. The largest absolute Gasteiger partial charge is 0.291 e. The van der Waals surface area contributed by atoms with Crippen molar-refractivity contribution in [2.24, 2.45) is 0 Å². The summed E-state index contributed by atoms with van der Waals surface area (Å²) in [5, 5.41) is 12.6. The summed E-state index contributed by atoms with van der Waals surface area (Å²) in [5.41, 5.74) is 0. The minimum atomic E-state index is -0.481. The molecule has 1 rings (SSSR count). The number of hydrogen-bond donors (Lipinski definition) is 1. The van der Waals surface area contributed by atoms with Gasteiger partial charge in [-0.15, -0.1) is 11.8 Å². The number of nitrogens with zero attached hydrogens (tertiary/aromatic N) is 1. The fourth-order valence-corrected chi connectivity index (χ4v) is 1.11. The van der Waals surface area contributed by atoms with Crippen molar-refractivity contribution in [3.63, 3.8) is 0 Å². The molecule has 0 amide bonds. The van der Waals surface area contributed by atoms with E-state index < -0.39 is 6.17 Å². The van der Waals surface area contributed by atoms with Crippen molar-refractivity contribution in [1.82, 2.24) is 5.32 Å². The molecule has 0 bridgehead atoms. The van der Waals surface area contributed by atoms with Gasteiger partial charge in [-0.3, -0.25) is 10.1 Å². The molecule has 2 atom stereocenters. The summed E-state index contributed by atoms with van der Waals surface area (Å²) in [4.78, 5) is 9.56. The van der Waals surface area contributed by atoms with Crippen molar-refractivity contribution in [3.05, 3.63) is 10.1 Å². The zero-order valence-electron chi connectivity index (χ0n) is 4.33. The first-order chi connectivity index (χ1) is 3.75. The number of nitrogens with one attached hydrogen (secondary N) is 1. The van der Waals surface area contributed by atoms with Gasteiger partial charge in [0.1, 0.15) is 5.37 Å². The Hall–Kier alpha value is -0.290. The maximum Gasteiger partial charge on any atom is 0.291 e. The van der Waals surface area contributed by atoms with Gasteiger partial charge in [0.2, 0.25) is 0 Å². The van der Waals surface area contributed by atoms with Gasteiger partial charge in [0.15, 0.2) is 0 Å². The Morgan fingerprint density at radius 1 is 1.88 bits per heavy atom. The average Bonchev–Trinajstić information content (AvgIpc) is 2.42. The van der Waals surface area contributed by atoms with E-state index in [1.807, 2.05) is 6.26 Å². The smallest absolute Gasteiger partial charge is 0.263 e. The second kappa shape index (κ2) is 1.91. The van der Waals surface area contributed by atoms with Gasteiger partial charge in [0.25, 0.3) is 6.17 Å². The Balaban J connectivity index is 2.26. The molecule has 46 valence electrons. The van der Waals surface area contributed by atoms with Gasteiger partial charge < -0.3 is 0 Å². The topological polar surface area (TPSA) is 65.1 Å². The Bertz CT molecular complexity index is 118. The van der Waals surface area contributed by atoms with Crippen LogP contribution in [0.5, 0.6) is 0 Å². The fraction of sp³-hybridized carbons (Fsp3) is 1.00. The van der Waals surface area contributed by atoms with Crippen LogP contribution in [0.3, 0.4) is 0 Å². The van der Waals surface area contributed by atoms with E-state index >= 15 is 0 Å². The van der Waals surface area contributed by atoms with E-state index in [0.29, 0.717) is 0 Å². The highest BCUT2D eigenvalue weighted by atomic mass is 32.2. The van der Waals surface area contributed by atoms with Crippen LogP contribution in [0.4, 0.5) is 0 Å². The number of hydrogen-bond acceptors (Lipinski definition) is 4. The molecule has 8 heavy (non-hydrogen) atoms. The Morgan fingerprint density at radius 2 is 2.50 bits per heavy atom. The quantitative estimate of drug-likeness (QED) is 0.325. The number of rotatable bonds is 2. The molecule has 1 saturated heterocycles. The molecule has 0 radical (unpaired) electrons. The molecule has 4 nitrogen and oxygen atoms in total.